The quantitative estimate of drug-likeness (QED) is 0.174. The lowest BCUT2D eigenvalue weighted by molar-refractivity contribution is -0.165. The summed E-state index contributed by atoms with van der Waals surface area (Å²) in [5, 5.41) is 11.2. The van der Waals surface area contributed by atoms with Crippen LogP contribution in [0.4, 0.5) is 5.69 Å². The van der Waals surface area contributed by atoms with Crippen LogP contribution in [0, 0.1) is 17.8 Å². The van der Waals surface area contributed by atoms with Crippen molar-refractivity contribution in [1.29, 1.82) is 0 Å². The van der Waals surface area contributed by atoms with Gasteiger partial charge in [0.25, 0.3) is 5.91 Å². The Hall–Kier alpha value is -3.99. The molecule has 3 amide bonds. The first-order chi connectivity index (χ1) is 24.4. The molecule has 3 saturated heterocycles. The Balaban J connectivity index is 1.54. The fourth-order valence-electron chi connectivity index (χ4n) is 8.15. The molecule has 274 valence electrons. The van der Waals surface area contributed by atoms with E-state index in [2.05, 4.69) is 13.2 Å². The smallest absolute Gasteiger partial charge is 0.313 e. The Kier molecular flexibility index (Phi) is 12.1. The molecule has 0 unspecified atom stereocenters. The number of benzene rings is 2. The summed E-state index contributed by atoms with van der Waals surface area (Å²) in [7, 11) is 1.68. The minimum atomic E-state index is -1.32. The van der Waals surface area contributed by atoms with Gasteiger partial charge in [0, 0.05) is 30.7 Å². The minimum Gasteiger partial charge on any atom is -0.455 e. The maximum Gasteiger partial charge on any atom is 0.313 e. The monoisotopic (exact) mass is 719 g/mol. The number of hydrogen-bond donors (Lipinski definition) is 1. The summed E-state index contributed by atoms with van der Waals surface area (Å²) in [5.41, 5.74) is -0.0516. The molecule has 3 heterocycles. The molecule has 0 radical (unpaired) electrons. The van der Waals surface area contributed by atoms with Crippen molar-refractivity contribution in [2.45, 2.75) is 88.8 Å². The summed E-state index contributed by atoms with van der Waals surface area (Å²) in [5.74, 6) is -3.70. The molecule has 3 aliphatic rings. The largest absolute Gasteiger partial charge is 0.455 e. The Morgan fingerprint density at radius 1 is 1.12 bits per heavy atom. The van der Waals surface area contributed by atoms with Gasteiger partial charge in [-0.2, -0.15) is 0 Å². The van der Waals surface area contributed by atoms with E-state index in [4.69, 9.17) is 21.1 Å². The van der Waals surface area contributed by atoms with Crippen LogP contribution in [0.1, 0.15) is 64.5 Å². The average molecular weight is 720 g/mol. The normalized spacial score (nSPS) is 25.8. The highest BCUT2D eigenvalue weighted by atomic mass is 35.5. The zero-order valence-corrected chi connectivity index (χ0v) is 30.7. The van der Waals surface area contributed by atoms with E-state index in [1.807, 2.05) is 51.1 Å². The number of fused-ring (bicyclic) bond motifs is 1. The Morgan fingerprint density at radius 2 is 1.80 bits per heavy atom. The van der Waals surface area contributed by atoms with Crippen molar-refractivity contribution < 1.29 is 33.8 Å². The van der Waals surface area contributed by atoms with Crippen molar-refractivity contribution in [3.05, 3.63) is 90.5 Å². The molecule has 2 aromatic carbocycles. The van der Waals surface area contributed by atoms with Crippen molar-refractivity contribution in [1.82, 2.24) is 9.80 Å². The van der Waals surface area contributed by atoms with Crippen LogP contribution in [0.2, 0.25) is 5.02 Å². The Labute approximate surface area is 306 Å². The molecule has 1 spiro atoms. The molecule has 0 saturated carbocycles. The molecular weight excluding hydrogens is 670 g/mol. The summed E-state index contributed by atoms with van der Waals surface area (Å²) < 4.78 is 13.1. The highest BCUT2D eigenvalue weighted by Gasteiger charge is 2.76. The number of halogens is 1. The number of carbonyl (C=O) groups excluding carboxylic acids is 4. The van der Waals surface area contributed by atoms with Gasteiger partial charge in [0.2, 0.25) is 11.8 Å². The number of rotatable bonds is 16. The number of aliphatic hydroxyl groups is 1. The number of aliphatic hydroxyl groups excluding tert-OH is 1. The van der Waals surface area contributed by atoms with Crippen LogP contribution in [0.3, 0.4) is 0 Å². The highest BCUT2D eigenvalue weighted by Crippen LogP contribution is 2.60. The number of ether oxygens (including phenoxy) is 2. The molecule has 0 aromatic heterocycles. The molecule has 10 nitrogen and oxygen atoms in total. The number of likely N-dealkylation sites (tertiary alicyclic amines) is 1. The van der Waals surface area contributed by atoms with Gasteiger partial charge < -0.3 is 29.3 Å². The first kappa shape index (κ1) is 38.2. The lowest BCUT2D eigenvalue weighted by atomic mass is 9.70. The molecule has 5 rings (SSSR count). The Bertz CT molecular complexity index is 1600. The number of nitrogens with zero attached hydrogens (tertiary/aromatic N) is 3. The molecule has 3 aliphatic heterocycles. The second kappa shape index (κ2) is 16.1. The predicted molar refractivity (Wildman–Crippen MR) is 196 cm³/mol. The van der Waals surface area contributed by atoms with E-state index in [-0.39, 0.29) is 37.3 Å². The van der Waals surface area contributed by atoms with Gasteiger partial charge in [-0.15, -0.1) is 13.2 Å². The fraction of sp³-hybridized carbons (Fsp3) is 0.500. The van der Waals surface area contributed by atoms with Crippen LogP contribution < -0.4 is 4.90 Å². The van der Waals surface area contributed by atoms with Crippen LogP contribution in [0.25, 0.3) is 0 Å². The molecule has 0 aliphatic carbocycles. The first-order valence-corrected chi connectivity index (χ1v) is 18.2. The summed E-state index contributed by atoms with van der Waals surface area (Å²) >= 11 is 6.18. The molecule has 11 heteroatoms. The van der Waals surface area contributed by atoms with Crippen LogP contribution in [-0.2, 0) is 28.7 Å². The number of hydrogen-bond acceptors (Lipinski definition) is 7. The summed E-state index contributed by atoms with van der Waals surface area (Å²) in [6.07, 6.45) is 4.06. The van der Waals surface area contributed by atoms with Gasteiger partial charge in [-0.3, -0.25) is 19.2 Å². The maximum atomic E-state index is 14.9. The molecule has 1 N–H and O–H groups in total. The zero-order chi connectivity index (χ0) is 37.0. The van der Waals surface area contributed by atoms with E-state index in [1.54, 1.807) is 53.3 Å². The van der Waals surface area contributed by atoms with E-state index >= 15 is 0 Å². The molecule has 3 fully saturated rings. The standard InChI is InChI=1S/C40H50ClN3O7/c1-7-10-16-32(46)42(6)26(5)35(27-14-12-11-13-15-27)50-39(49)33-31-21-22-40(51-31)34(33)37(47)44(30(24-45)25(4)9-3)36(40)38(48)43(23-8-2)29-19-17-28(41)18-20-29/h7-8,11-15,17-20,25-26,30-31,33-36,45H,1-2,9-10,16,21-24H2,3-6H3/t25-,26+,30-,31-,33+,34+,35-,36-,40+/m0/s1. The van der Waals surface area contributed by atoms with Crippen LogP contribution in [-0.4, -0.2) is 88.6 Å². The molecule has 9 atom stereocenters. The van der Waals surface area contributed by atoms with Gasteiger partial charge in [0.15, 0.2) is 0 Å². The highest BCUT2D eigenvalue weighted by molar-refractivity contribution is 6.30. The second-order valence-electron chi connectivity index (χ2n) is 14.0. The summed E-state index contributed by atoms with van der Waals surface area (Å²) in [6, 6.07) is 13.7. The summed E-state index contributed by atoms with van der Waals surface area (Å²) in [6.45, 7) is 13.1. The van der Waals surface area contributed by atoms with Gasteiger partial charge in [0.1, 0.15) is 17.7 Å². The van der Waals surface area contributed by atoms with Crippen molar-refractivity contribution in [2.24, 2.45) is 17.8 Å². The molecular formula is C40H50ClN3O7. The average Bonchev–Trinajstić information content (AvgIpc) is 3.79. The molecule has 2 bridgehead atoms. The third-order valence-electron chi connectivity index (χ3n) is 11.2. The molecule has 2 aromatic rings. The van der Waals surface area contributed by atoms with E-state index < -0.39 is 59.6 Å². The van der Waals surface area contributed by atoms with Crippen molar-refractivity contribution in [3.63, 3.8) is 0 Å². The van der Waals surface area contributed by atoms with Crippen LogP contribution in [0.5, 0.6) is 0 Å². The third-order valence-corrected chi connectivity index (χ3v) is 11.4. The lowest BCUT2D eigenvalue weighted by Gasteiger charge is -2.40. The van der Waals surface area contributed by atoms with Gasteiger partial charge in [-0.1, -0.05) is 74.4 Å². The topological polar surface area (TPSA) is 117 Å². The van der Waals surface area contributed by atoms with Gasteiger partial charge >= 0.3 is 5.97 Å². The van der Waals surface area contributed by atoms with Gasteiger partial charge in [-0.05, 0) is 61.9 Å². The first-order valence-electron chi connectivity index (χ1n) is 17.9. The van der Waals surface area contributed by atoms with Gasteiger partial charge in [0.05, 0.1) is 36.6 Å². The minimum absolute atomic E-state index is 0.116. The SMILES string of the molecule is C=CCCC(=O)N(C)[C@H](C)[C@H](OC(=O)[C@@H]1[C@@H]2CC[C@]3(O2)[C@H](C(=O)N(CC=C)c2ccc(Cl)cc2)N([C@@H](CO)[C@@H](C)CC)C(=O)[C@@H]13)c1ccccc1. The number of anilines is 1. The number of likely N-dealkylation sites (N-methyl/N-ethyl adjacent to an activating group) is 1. The van der Waals surface area contributed by atoms with Crippen molar-refractivity contribution >= 4 is 41.0 Å². The zero-order valence-electron chi connectivity index (χ0n) is 29.9. The fourth-order valence-corrected chi connectivity index (χ4v) is 8.28. The number of esters is 1. The van der Waals surface area contributed by atoms with E-state index in [0.29, 0.717) is 42.0 Å². The van der Waals surface area contributed by atoms with Crippen LogP contribution in [0.15, 0.2) is 79.9 Å². The van der Waals surface area contributed by atoms with Crippen molar-refractivity contribution in [2.75, 3.05) is 25.1 Å². The molecule has 51 heavy (non-hydrogen) atoms. The van der Waals surface area contributed by atoms with E-state index in [1.165, 1.54) is 4.90 Å². The number of carbonyl (C=O) groups is 4. The number of amides is 3. The predicted octanol–water partition coefficient (Wildman–Crippen LogP) is 5.74. The van der Waals surface area contributed by atoms with E-state index in [9.17, 15) is 24.3 Å². The van der Waals surface area contributed by atoms with E-state index in [0.717, 1.165) is 0 Å². The lowest BCUT2D eigenvalue weighted by Crippen LogP contribution is -2.60. The Morgan fingerprint density at radius 3 is 2.41 bits per heavy atom. The third kappa shape index (κ3) is 7.10. The van der Waals surface area contributed by atoms with Gasteiger partial charge in [-0.25, -0.2) is 0 Å². The number of allylic oxidation sites excluding steroid dienone is 1. The second-order valence-corrected chi connectivity index (χ2v) is 14.4. The maximum absolute atomic E-state index is 14.9. The van der Waals surface area contributed by atoms with Crippen LogP contribution >= 0.6 is 11.6 Å². The van der Waals surface area contributed by atoms with Crippen molar-refractivity contribution in [3.8, 4) is 0 Å². The summed E-state index contributed by atoms with van der Waals surface area (Å²) in [4.78, 5) is 61.9.